The summed E-state index contributed by atoms with van der Waals surface area (Å²) in [5.41, 5.74) is 4.47. The van der Waals surface area contributed by atoms with Gasteiger partial charge in [-0.2, -0.15) is 0 Å². The van der Waals surface area contributed by atoms with Gasteiger partial charge in [0.25, 0.3) is 0 Å². The van der Waals surface area contributed by atoms with Crippen molar-refractivity contribution < 1.29 is 23.5 Å². The molecule has 0 saturated heterocycles. The van der Waals surface area contributed by atoms with Gasteiger partial charge in [-0.3, -0.25) is 4.79 Å². The smallest absolute Gasteiger partial charge is 0.339 e. The first kappa shape index (κ1) is 16.4. The van der Waals surface area contributed by atoms with Gasteiger partial charge < -0.3 is 19.3 Å². The molecule has 0 radical (unpaired) electrons. The molecule has 1 amide bonds. The minimum absolute atomic E-state index is 0.115. The fourth-order valence-electron chi connectivity index (χ4n) is 3.55. The van der Waals surface area contributed by atoms with E-state index >= 15 is 0 Å². The lowest BCUT2D eigenvalue weighted by molar-refractivity contribution is -0.120. The molecule has 2 N–H and O–H groups in total. The predicted octanol–water partition coefficient (Wildman–Crippen LogP) is 3.38. The van der Waals surface area contributed by atoms with Crippen LogP contribution in [0.25, 0.3) is 11.0 Å². The van der Waals surface area contributed by atoms with E-state index < -0.39 is 5.97 Å². The Morgan fingerprint density at radius 2 is 1.96 bits per heavy atom. The highest BCUT2D eigenvalue weighted by Crippen LogP contribution is 2.30. The largest absolute Gasteiger partial charge is 0.478 e. The third kappa shape index (κ3) is 2.98. The van der Waals surface area contributed by atoms with Crippen molar-refractivity contribution in [2.45, 2.75) is 39.2 Å². The molecule has 3 aromatic rings. The molecule has 0 aliphatic heterocycles. The van der Waals surface area contributed by atoms with Crippen LogP contribution in [0.4, 0.5) is 0 Å². The van der Waals surface area contributed by atoms with Crippen LogP contribution in [-0.2, 0) is 30.6 Å². The molecule has 0 spiro atoms. The number of benzene rings is 1. The fraction of sp³-hybridized carbons (Fsp3) is 0.300. The summed E-state index contributed by atoms with van der Waals surface area (Å²) in [6.45, 7) is 1.74. The molecule has 1 aromatic carbocycles. The molecule has 2 aromatic heterocycles. The van der Waals surface area contributed by atoms with E-state index in [1.165, 1.54) is 23.6 Å². The van der Waals surface area contributed by atoms with Crippen LogP contribution in [0.2, 0.25) is 0 Å². The van der Waals surface area contributed by atoms with Gasteiger partial charge in [0.1, 0.15) is 22.7 Å². The highest BCUT2D eigenvalue weighted by Gasteiger charge is 2.17. The maximum atomic E-state index is 12.3. The minimum atomic E-state index is -1.04. The molecule has 26 heavy (non-hydrogen) atoms. The normalized spacial score (nSPS) is 13.1. The van der Waals surface area contributed by atoms with Gasteiger partial charge in [-0.1, -0.05) is 0 Å². The number of aromatic carboxylic acids is 1. The third-order valence-electron chi connectivity index (χ3n) is 4.88. The van der Waals surface area contributed by atoms with Crippen molar-refractivity contribution in [2.75, 3.05) is 0 Å². The molecule has 0 bridgehead atoms. The van der Waals surface area contributed by atoms with Gasteiger partial charge in [0, 0.05) is 10.9 Å². The number of carbonyl (C=O) groups is 2. The van der Waals surface area contributed by atoms with E-state index in [-0.39, 0.29) is 24.4 Å². The van der Waals surface area contributed by atoms with E-state index in [9.17, 15) is 9.59 Å². The van der Waals surface area contributed by atoms with Crippen molar-refractivity contribution in [2.24, 2.45) is 0 Å². The number of aryl methyl sites for hydroxylation is 3. The van der Waals surface area contributed by atoms with Gasteiger partial charge in [-0.05, 0) is 55.5 Å². The first-order valence-corrected chi connectivity index (χ1v) is 8.62. The number of rotatable bonds is 5. The van der Waals surface area contributed by atoms with Crippen molar-refractivity contribution in [1.82, 2.24) is 5.32 Å². The average molecular weight is 353 g/mol. The number of nitrogens with one attached hydrogen (secondary N) is 1. The van der Waals surface area contributed by atoms with E-state index in [0.717, 1.165) is 29.4 Å². The van der Waals surface area contributed by atoms with E-state index in [4.69, 9.17) is 13.9 Å². The zero-order valence-electron chi connectivity index (χ0n) is 14.4. The van der Waals surface area contributed by atoms with Crippen LogP contribution in [0, 0.1) is 6.92 Å². The van der Waals surface area contributed by atoms with Gasteiger partial charge in [0.2, 0.25) is 5.91 Å². The second-order valence-corrected chi connectivity index (χ2v) is 6.67. The van der Waals surface area contributed by atoms with Crippen LogP contribution >= 0.6 is 0 Å². The SMILES string of the molecule is Cc1oc(CNC(=O)Cc2coc3cc4c(cc23)CCC4)cc1C(=O)O. The number of hydrogen-bond acceptors (Lipinski definition) is 4. The first-order chi connectivity index (χ1) is 12.5. The number of carbonyl (C=O) groups excluding carboxylic acids is 1. The summed E-state index contributed by atoms with van der Waals surface area (Å²) < 4.78 is 11.0. The van der Waals surface area contributed by atoms with Gasteiger partial charge in [0.05, 0.1) is 19.2 Å². The van der Waals surface area contributed by atoms with E-state index in [0.29, 0.717) is 11.5 Å². The Morgan fingerprint density at radius 3 is 2.69 bits per heavy atom. The lowest BCUT2D eigenvalue weighted by Gasteiger charge is -2.03. The summed E-state index contributed by atoms with van der Waals surface area (Å²) in [5, 5.41) is 12.8. The molecule has 1 aliphatic rings. The molecule has 0 unspecified atom stereocenters. The highest BCUT2D eigenvalue weighted by molar-refractivity contribution is 5.89. The van der Waals surface area contributed by atoms with Crippen LogP contribution in [0.5, 0.6) is 0 Å². The molecular formula is C20H19NO5. The second kappa shape index (κ2) is 6.37. The zero-order chi connectivity index (χ0) is 18.3. The van der Waals surface area contributed by atoms with Crippen molar-refractivity contribution in [3.63, 3.8) is 0 Å². The number of amides is 1. The highest BCUT2D eigenvalue weighted by atomic mass is 16.4. The van der Waals surface area contributed by atoms with Gasteiger partial charge in [0.15, 0.2) is 0 Å². The number of furan rings is 2. The number of carboxylic acids is 1. The van der Waals surface area contributed by atoms with Crippen LogP contribution in [0.1, 0.15) is 45.0 Å². The molecule has 6 nitrogen and oxygen atoms in total. The first-order valence-electron chi connectivity index (χ1n) is 8.62. The average Bonchev–Trinajstić information content (AvgIpc) is 3.30. The molecule has 0 fully saturated rings. The third-order valence-corrected chi connectivity index (χ3v) is 4.88. The van der Waals surface area contributed by atoms with E-state index in [1.807, 2.05) is 0 Å². The Morgan fingerprint density at radius 1 is 1.19 bits per heavy atom. The van der Waals surface area contributed by atoms with Crippen LogP contribution < -0.4 is 5.32 Å². The number of carboxylic acid groups (broad SMARTS) is 1. The van der Waals surface area contributed by atoms with E-state index in [1.54, 1.807) is 13.2 Å². The lowest BCUT2D eigenvalue weighted by atomic mass is 10.0. The minimum Gasteiger partial charge on any atom is -0.478 e. The van der Waals surface area contributed by atoms with Crippen molar-refractivity contribution in [3.8, 4) is 0 Å². The van der Waals surface area contributed by atoms with Crippen molar-refractivity contribution in [3.05, 3.63) is 58.2 Å². The molecular weight excluding hydrogens is 334 g/mol. The van der Waals surface area contributed by atoms with Crippen molar-refractivity contribution >= 4 is 22.8 Å². The Balaban J connectivity index is 1.44. The Kier molecular flexibility index (Phi) is 4.03. The van der Waals surface area contributed by atoms with Gasteiger partial charge >= 0.3 is 5.97 Å². The number of fused-ring (bicyclic) bond motifs is 2. The molecule has 0 atom stereocenters. The lowest BCUT2D eigenvalue weighted by Crippen LogP contribution is -2.24. The monoisotopic (exact) mass is 353 g/mol. The Hall–Kier alpha value is -3.02. The zero-order valence-corrected chi connectivity index (χ0v) is 14.4. The fourth-order valence-corrected chi connectivity index (χ4v) is 3.55. The molecule has 6 heteroatoms. The van der Waals surface area contributed by atoms with Crippen LogP contribution in [0.3, 0.4) is 0 Å². The standard InChI is InChI=1S/C20H19NO5/c1-11-16(20(23)24)8-15(26-11)9-21-19(22)7-14-10-25-18-6-13-4-2-3-12(13)5-17(14)18/h5-6,8,10H,2-4,7,9H2,1H3,(H,21,22)(H,23,24). The van der Waals surface area contributed by atoms with Gasteiger partial charge in [-0.15, -0.1) is 0 Å². The quantitative estimate of drug-likeness (QED) is 0.733. The predicted molar refractivity (Wildman–Crippen MR) is 94.2 cm³/mol. The van der Waals surface area contributed by atoms with E-state index in [2.05, 4.69) is 17.4 Å². The summed E-state index contributed by atoms with van der Waals surface area (Å²) in [7, 11) is 0. The maximum Gasteiger partial charge on any atom is 0.339 e. The molecule has 1 aliphatic carbocycles. The summed E-state index contributed by atoms with van der Waals surface area (Å²) in [5.74, 6) is -0.458. The summed E-state index contributed by atoms with van der Waals surface area (Å²) >= 11 is 0. The topological polar surface area (TPSA) is 92.7 Å². The molecule has 2 heterocycles. The Bertz CT molecular complexity index is 1010. The van der Waals surface area contributed by atoms with Crippen LogP contribution in [-0.4, -0.2) is 17.0 Å². The summed E-state index contributed by atoms with van der Waals surface area (Å²) in [6, 6.07) is 5.66. The molecule has 0 saturated carbocycles. The van der Waals surface area contributed by atoms with Crippen LogP contribution in [0.15, 0.2) is 33.3 Å². The second-order valence-electron chi connectivity index (χ2n) is 6.67. The Labute approximate surface area is 149 Å². The molecule has 4 rings (SSSR count). The number of hydrogen-bond donors (Lipinski definition) is 2. The summed E-state index contributed by atoms with van der Waals surface area (Å²) in [6.07, 6.45) is 5.17. The van der Waals surface area contributed by atoms with Crippen molar-refractivity contribution in [1.29, 1.82) is 0 Å². The molecule has 134 valence electrons. The maximum absolute atomic E-state index is 12.3. The summed E-state index contributed by atoms with van der Waals surface area (Å²) in [4.78, 5) is 23.3. The van der Waals surface area contributed by atoms with Gasteiger partial charge in [-0.25, -0.2) is 4.79 Å².